The molecule has 13 heteroatoms. The Kier molecular flexibility index (Phi) is 6.70. The van der Waals surface area contributed by atoms with Gasteiger partial charge in [0.2, 0.25) is 5.91 Å². The lowest BCUT2D eigenvalue weighted by molar-refractivity contribution is -0.138. The van der Waals surface area contributed by atoms with Gasteiger partial charge in [0.15, 0.2) is 10.8 Å². The van der Waals surface area contributed by atoms with E-state index in [9.17, 15) is 22.8 Å². The molecule has 1 aromatic carbocycles. The van der Waals surface area contributed by atoms with Crippen LogP contribution in [0.15, 0.2) is 58.1 Å². The molecule has 1 aliphatic carbocycles. The summed E-state index contributed by atoms with van der Waals surface area (Å²) in [6.07, 6.45) is 3.08. The number of methoxy groups -OCH3 is 1. The van der Waals surface area contributed by atoms with Crippen molar-refractivity contribution in [1.29, 1.82) is 0 Å². The average Bonchev–Trinajstić information content (AvgIpc) is 3.36. The van der Waals surface area contributed by atoms with Gasteiger partial charge in [-0.05, 0) is 49.1 Å². The summed E-state index contributed by atoms with van der Waals surface area (Å²) in [7, 11) is -2.47. The zero-order valence-electron chi connectivity index (χ0n) is 21.7. The number of carbonyl (C=O) groups is 3. The molecule has 4 heterocycles. The van der Waals surface area contributed by atoms with Crippen LogP contribution in [0, 0.1) is 5.92 Å². The molecule has 0 bridgehead atoms. The molecule has 2 saturated heterocycles. The minimum Gasteiger partial charge on any atom is -0.497 e. The first-order chi connectivity index (χ1) is 19.2. The van der Waals surface area contributed by atoms with Crippen LogP contribution >= 0.6 is 0 Å². The summed E-state index contributed by atoms with van der Waals surface area (Å²) in [5.41, 5.74) is 0.502. The number of hydrogen-bond acceptors (Lipinski definition) is 9. The molecule has 3 atom stereocenters. The van der Waals surface area contributed by atoms with Gasteiger partial charge in [-0.2, -0.15) is 4.31 Å². The van der Waals surface area contributed by atoms with E-state index in [0.717, 1.165) is 17.1 Å². The van der Waals surface area contributed by atoms with Gasteiger partial charge in [0, 0.05) is 24.2 Å². The van der Waals surface area contributed by atoms with Crippen molar-refractivity contribution in [3.8, 4) is 11.7 Å². The van der Waals surface area contributed by atoms with Crippen LogP contribution in [0.5, 0.6) is 11.7 Å². The molecule has 2 aromatic heterocycles. The Morgan fingerprint density at radius 3 is 2.73 bits per heavy atom. The number of sulfonamides is 1. The van der Waals surface area contributed by atoms with E-state index in [0.29, 0.717) is 29.6 Å². The van der Waals surface area contributed by atoms with Crippen LogP contribution in [0.1, 0.15) is 25.7 Å². The summed E-state index contributed by atoms with van der Waals surface area (Å²) in [5.74, 6) is 0.0562. The third-order valence-corrected chi connectivity index (χ3v) is 9.41. The Morgan fingerprint density at radius 1 is 1.18 bits per heavy atom. The van der Waals surface area contributed by atoms with Crippen LogP contribution in [0.25, 0.3) is 11.0 Å². The number of ketones is 1. The number of nitrogens with zero attached hydrogens (tertiary/aromatic N) is 3. The quantitative estimate of drug-likeness (QED) is 0.432. The molecular formula is C27H28N4O8S. The van der Waals surface area contributed by atoms with Gasteiger partial charge in [-0.15, -0.1) is 0 Å². The van der Waals surface area contributed by atoms with Gasteiger partial charge >= 0.3 is 6.09 Å². The molecule has 210 valence electrons. The van der Waals surface area contributed by atoms with Crippen LogP contribution in [0.4, 0.5) is 4.79 Å². The molecule has 40 heavy (non-hydrogen) atoms. The maximum Gasteiger partial charge on any atom is 0.415 e. The normalized spacial score (nSPS) is 21.8. The Labute approximate surface area is 230 Å². The van der Waals surface area contributed by atoms with Crippen molar-refractivity contribution in [3.63, 3.8) is 0 Å². The van der Waals surface area contributed by atoms with Crippen molar-refractivity contribution < 1.29 is 36.7 Å². The smallest absolute Gasteiger partial charge is 0.415 e. The number of ether oxygens (including phenoxy) is 2. The largest absolute Gasteiger partial charge is 0.497 e. The third-order valence-electron chi connectivity index (χ3n) is 7.62. The van der Waals surface area contributed by atoms with Crippen molar-refractivity contribution in [2.75, 3.05) is 20.2 Å². The predicted octanol–water partition coefficient (Wildman–Crippen LogP) is 2.34. The van der Waals surface area contributed by atoms with E-state index in [-0.39, 0.29) is 35.8 Å². The number of pyridine rings is 1. The fraction of sp³-hybridized carbons (Fsp3) is 0.407. The molecule has 3 unspecified atom stereocenters. The molecule has 1 N–H and O–H groups in total. The standard InChI is InChI=1S/C27H28N4O8S/c1-37-18-7-8-22-17(13-18)14-24(38-22)39-27(34)29-19(12-16-5-6-16)26(33)30-11-9-20-25(30)21(32)15-31(20)40(35,36)23-4-2-3-10-28-23/h2-4,7-8,10,13-14,16,19-20,25H,5-6,9,11-12,15H2,1H3,(H,29,34). The van der Waals surface area contributed by atoms with Gasteiger partial charge in [0.1, 0.15) is 23.4 Å². The fourth-order valence-corrected chi connectivity index (χ4v) is 7.07. The highest BCUT2D eigenvalue weighted by atomic mass is 32.2. The van der Waals surface area contributed by atoms with E-state index in [2.05, 4.69) is 10.3 Å². The molecule has 3 aromatic rings. The minimum absolute atomic E-state index is 0.0408. The molecule has 12 nitrogen and oxygen atoms in total. The molecule has 3 aliphatic rings. The Hall–Kier alpha value is -3.97. The molecule has 2 aliphatic heterocycles. The van der Waals surface area contributed by atoms with Gasteiger partial charge in [-0.3, -0.25) is 9.59 Å². The first-order valence-corrected chi connectivity index (χ1v) is 14.5. The van der Waals surface area contributed by atoms with Gasteiger partial charge in [0.25, 0.3) is 16.0 Å². The second-order valence-electron chi connectivity index (χ2n) is 10.3. The lowest BCUT2D eigenvalue weighted by atomic mass is 10.1. The first-order valence-electron chi connectivity index (χ1n) is 13.1. The monoisotopic (exact) mass is 568 g/mol. The fourth-order valence-electron chi connectivity index (χ4n) is 5.51. The van der Waals surface area contributed by atoms with Gasteiger partial charge in [-0.25, -0.2) is 18.2 Å². The number of likely N-dealkylation sites (tertiary alicyclic amines) is 1. The Balaban J connectivity index is 1.17. The molecule has 0 radical (unpaired) electrons. The van der Waals surface area contributed by atoms with Crippen LogP contribution in [0.3, 0.4) is 0 Å². The number of furan rings is 1. The summed E-state index contributed by atoms with van der Waals surface area (Å²) in [6, 6.07) is 8.71. The summed E-state index contributed by atoms with van der Waals surface area (Å²) in [4.78, 5) is 44.9. The summed E-state index contributed by atoms with van der Waals surface area (Å²) in [6.45, 7) is -0.144. The lowest BCUT2D eigenvalue weighted by Crippen LogP contribution is -2.53. The number of hydrogen-bond donors (Lipinski definition) is 1. The summed E-state index contributed by atoms with van der Waals surface area (Å²) in [5, 5.41) is 3.19. The van der Waals surface area contributed by atoms with E-state index in [1.807, 2.05) is 0 Å². The maximum absolute atomic E-state index is 13.7. The maximum atomic E-state index is 13.7. The topological polar surface area (TPSA) is 148 Å². The highest BCUT2D eigenvalue weighted by Crippen LogP contribution is 2.37. The number of aromatic nitrogens is 1. The van der Waals surface area contributed by atoms with E-state index in [4.69, 9.17) is 13.9 Å². The number of amides is 2. The minimum atomic E-state index is -4.02. The van der Waals surface area contributed by atoms with Crippen molar-refractivity contribution in [3.05, 3.63) is 48.7 Å². The van der Waals surface area contributed by atoms with Crippen LogP contribution in [-0.4, -0.2) is 78.7 Å². The molecule has 1 saturated carbocycles. The molecule has 6 rings (SSSR count). The van der Waals surface area contributed by atoms with Gasteiger partial charge < -0.3 is 24.1 Å². The van der Waals surface area contributed by atoms with E-state index < -0.39 is 40.1 Å². The van der Waals surface area contributed by atoms with Gasteiger partial charge in [-0.1, -0.05) is 18.9 Å². The second-order valence-corrected chi connectivity index (χ2v) is 12.1. The summed E-state index contributed by atoms with van der Waals surface area (Å²) < 4.78 is 43.7. The average molecular weight is 569 g/mol. The van der Waals surface area contributed by atoms with Crippen molar-refractivity contribution in [2.45, 2.75) is 48.8 Å². The zero-order valence-corrected chi connectivity index (χ0v) is 22.5. The number of nitrogens with one attached hydrogen (secondary N) is 1. The van der Waals surface area contributed by atoms with Gasteiger partial charge in [0.05, 0.1) is 19.7 Å². The Bertz CT molecular complexity index is 1570. The van der Waals surface area contributed by atoms with E-state index in [1.165, 1.54) is 17.2 Å². The number of fused-ring (bicyclic) bond motifs is 2. The highest BCUT2D eigenvalue weighted by Gasteiger charge is 2.54. The first kappa shape index (κ1) is 26.3. The molecular weight excluding hydrogens is 540 g/mol. The van der Waals surface area contributed by atoms with Crippen LogP contribution in [-0.2, 0) is 19.6 Å². The van der Waals surface area contributed by atoms with Crippen molar-refractivity contribution >= 4 is 38.8 Å². The van der Waals surface area contributed by atoms with Crippen molar-refractivity contribution in [1.82, 2.24) is 19.5 Å². The lowest BCUT2D eigenvalue weighted by Gasteiger charge is -2.28. The molecule has 2 amide bonds. The van der Waals surface area contributed by atoms with E-state index >= 15 is 0 Å². The number of benzene rings is 1. The predicted molar refractivity (Wildman–Crippen MR) is 140 cm³/mol. The third kappa shape index (κ3) is 4.90. The SMILES string of the molecule is COc1ccc2oc(OC(=O)NC(CC3CC3)C(=O)N3CCC4C3C(=O)CN4S(=O)(=O)c3ccccn3)cc2c1. The van der Waals surface area contributed by atoms with Crippen LogP contribution in [0.2, 0.25) is 0 Å². The second kappa shape index (κ2) is 10.2. The van der Waals surface area contributed by atoms with Crippen molar-refractivity contribution in [2.24, 2.45) is 5.92 Å². The highest BCUT2D eigenvalue weighted by molar-refractivity contribution is 7.89. The molecule has 3 fully saturated rings. The molecule has 0 spiro atoms. The Morgan fingerprint density at radius 2 is 2.00 bits per heavy atom. The number of rotatable bonds is 8. The van der Waals surface area contributed by atoms with Crippen LogP contribution < -0.4 is 14.8 Å². The van der Waals surface area contributed by atoms with E-state index in [1.54, 1.807) is 43.5 Å². The summed E-state index contributed by atoms with van der Waals surface area (Å²) >= 11 is 0. The number of Topliss-reactive ketones (excluding diaryl/α,β-unsaturated/α-hetero) is 1. The zero-order chi connectivity index (χ0) is 28.0. The number of carbonyl (C=O) groups excluding carboxylic acids is 3.